The lowest BCUT2D eigenvalue weighted by Crippen LogP contribution is -2.05. The van der Waals surface area contributed by atoms with Crippen LogP contribution in [0.4, 0.5) is 0 Å². The number of H-pyrrole nitrogens is 1. The third-order valence-electron chi connectivity index (χ3n) is 5.27. The van der Waals surface area contributed by atoms with Gasteiger partial charge < -0.3 is 33.8 Å². The van der Waals surface area contributed by atoms with Crippen LogP contribution in [0, 0.1) is 0 Å². The highest BCUT2D eigenvalue weighted by Gasteiger charge is 2.22. The van der Waals surface area contributed by atoms with Crippen LogP contribution in [0.5, 0.6) is 23.0 Å². The molecule has 0 aliphatic rings. The minimum absolute atomic E-state index is 0.0559. The zero-order valence-corrected chi connectivity index (χ0v) is 19.5. The molecule has 3 aromatic rings. The van der Waals surface area contributed by atoms with E-state index in [0.717, 1.165) is 22.3 Å². The Morgan fingerprint density at radius 2 is 1.48 bits per heavy atom. The Morgan fingerprint density at radius 1 is 0.848 bits per heavy atom. The molecule has 0 aliphatic heterocycles. The maximum absolute atomic E-state index is 12.5. The molecule has 0 unspecified atom stereocenters. The van der Waals surface area contributed by atoms with Crippen LogP contribution in [-0.4, -0.2) is 57.7 Å². The van der Waals surface area contributed by atoms with Crippen molar-refractivity contribution in [3.05, 3.63) is 47.7 Å². The van der Waals surface area contributed by atoms with Gasteiger partial charge in [0, 0.05) is 17.7 Å². The molecule has 2 aromatic carbocycles. The van der Waals surface area contributed by atoms with Crippen LogP contribution in [0.1, 0.15) is 23.0 Å². The maximum Gasteiger partial charge on any atom is 0.354 e. The summed E-state index contributed by atoms with van der Waals surface area (Å²) in [7, 11) is 6.25. The van der Waals surface area contributed by atoms with Crippen molar-refractivity contribution in [1.82, 2.24) is 4.98 Å². The summed E-state index contributed by atoms with van der Waals surface area (Å²) in [5.74, 6) is 1.77. The molecule has 0 spiro atoms. The molecule has 1 heterocycles. The maximum atomic E-state index is 12.5. The van der Waals surface area contributed by atoms with Gasteiger partial charge in [0.15, 0.2) is 23.0 Å². The number of benzene rings is 2. The smallest absolute Gasteiger partial charge is 0.354 e. The highest BCUT2D eigenvalue weighted by atomic mass is 16.5. The number of hydrogen-bond acceptors (Lipinski definition) is 7. The Balaban J connectivity index is 2.28. The molecule has 2 N–H and O–H groups in total. The fourth-order valence-electron chi connectivity index (χ4n) is 3.70. The third kappa shape index (κ3) is 4.90. The first-order valence-corrected chi connectivity index (χ1v) is 10.5. The first-order chi connectivity index (χ1) is 16.0. The first-order valence-electron chi connectivity index (χ1n) is 10.5. The monoisotopic (exact) mass is 455 g/mol. The molecule has 8 heteroatoms. The van der Waals surface area contributed by atoms with Crippen molar-refractivity contribution >= 4 is 5.97 Å². The summed E-state index contributed by atoms with van der Waals surface area (Å²) >= 11 is 0. The van der Waals surface area contributed by atoms with E-state index in [0.29, 0.717) is 40.8 Å². The van der Waals surface area contributed by atoms with Crippen LogP contribution < -0.4 is 18.9 Å². The predicted octanol–water partition coefficient (Wildman–Crippen LogP) is 4.09. The SMILES string of the molecule is CCOC(=O)c1cc(-c2ccc(OC)c(OC)c2)c(-c2cc(OC)c(OC)cc2CCO)[nH]1. The average Bonchev–Trinajstić information content (AvgIpc) is 3.29. The molecule has 0 bridgehead atoms. The summed E-state index contributed by atoms with van der Waals surface area (Å²) in [4.78, 5) is 15.8. The van der Waals surface area contributed by atoms with Crippen molar-refractivity contribution in [3.8, 4) is 45.4 Å². The second-order valence-electron chi connectivity index (χ2n) is 7.10. The van der Waals surface area contributed by atoms with Gasteiger partial charge in [0.05, 0.1) is 40.7 Å². The van der Waals surface area contributed by atoms with E-state index in [9.17, 15) is 9.90 Å². The van der Waals surface area contributed by atoms with E-state index in [-0.39, 0.29) is 13.2 Å². The molecule has 33 heavy (non-hydrogen) atoms. The van der Waals surface area contributed by atoms with Crippen molar-refractivity contribution in [2.75, 3.05) is 41.7 Å². The topological polar surface area (TPSA) is 99.2 Å². The number of ether oxygens (including phenoxy) is 5. The number of aliphatic hydroxyl groups is 1. The second-order valence-corrected chi connectivity index (χ2v) is 7.10. The number of rotatable bonds is 10. The van der Waals surface area contributed by atoms with Gasteiger partial charge in [0.2, 0.25) is 0 Å². The van der Waals surface area contributed by atoms with Crippen LogP contribution >= 0.6 is 0 Å². The number of nitrogens with one attached hydrogen (secondary N) is 1. The average molecular weight is 456 g/mol. The van der Waals surface area contributed by atoms with E-state index >= 15 is 0 Å². The van der Waals surface area contributed by atoms with Crippen molar-refractivity contribution < 1.29 is 33.6 Å². The summed E-state index contributed by atoms with van der Waals surface area (Å²) in [6.45, 7) is 1.95. The van der Waals surface area contributed by atoms with E-state index in [1.165, 1.54) is 0 Å². The van der Waals surface area contributed by atoms with Gasteiger partial charge in [0.25, 0.3) is 0 Å². The van der Waals surface area contributed by atoms with Gasteiger partial charge in [0.1, 0.15) is 5.69 Å². The number of carbonyl (C=O) groups excluding carboxylic acids is 1. The van der Waals surface area contributed by atoms with Gasteiger partial charge >= 0.3 is 5.97 Å². The Bertz CT molecular complexity index is 1120. The molecule has 0 atom stereocenters. The van der Waals surface area contributed by atoms with Gasteiger partial charge in [-0.05, 0) is 54.8 Å². The summed E-state index contributed by atoms with van der Waals surface area (Å²) in [5.41, 5.74) is 4.14. The van der Waals surface area contributed by atoms with Crippen LogP contribution in [0.3, 0.4) is 0 Å². The Hall–Kier alpha value is -3.65. The van der Waals surface area contributed by atoms with Crippen molar-refractivity contribution in [1.29, 1.82) is 0 Å². The molecular weight excluding hydrogens is 426 g/mol. The highest BCUT2D eigenvalue weighted by Crippen LogP contribution is 2.42. The lowest BCUT2D eigenvalue weighted by atomic mass is 9.95. The van der Waals surface area contributed by atoms with Crippen molar-refractivity contribution in [2.24, 2.45) is 0 Å². The highest BCUT2D eigenvalue weighted by molar-refractivity contribution is 5.94. The van der Waals surface area contributed by atoms with E-state index in [1.54, 1.807) is 47.5 Å². The molecule has 0 aliphatic carbocycles. The van der Waals surface area contributed by atoms with Gasteiger partial charge in [-0.3, -0.25) is 0 Å². The van der Waals surface area contributed by atoms with Crippen LogP contribution in [-0.2, 0) is 11.2 Å². The minimum atomic E-state index is -0.463. The molecule has 0 radical (unpaired) electrons. The van der Waals surface area contributed by atoms with Crippen molar-refractivity contribution in [3.63, 3.8) is 0 Å². The molecule has 1 aromatic heterocycles. The third-order valence-corrected chi connectivity index (χ3v) is 5.27. The molecule has 0 fully saturated rings. The van der Waals surface area contributed by atoms with Gasteiger partial charge in [-0.1, -0.05) is 6.07 Å². The van der Waals surface area contributed by atoms with Gasteiger partial charge in [-0.25, -0.2) is 4.79 Å². The van der Waals surface area contributed by atoms with E-state index in [4.69, 9.17) is 23.7 Å². The standard InChI is InChI=1S/C25H29NO7/c1-6-33-25(28)19-13-17(15-7-8-20(29-2)21(11-15)30-3)24(26-19)18-14-23(32-5)22(31-4)12-16(18)9-10-27/h7-8,11-14,26-27H,6,9-10H2,1-5H3. The van der Waals surface area contributed by atoms with Gasteiger partial charge in [-0.2, -0.15) is 0 Å². The number of aromatic nitrogens is 1. The zero-order chi connectivity index (χ0) is 24.0. The van der Waals surface area contributed by atoms with Crippen LogP contribution in [0.15, 0.2) is 36.4 Å². The second kappa shape index (κ2) is 10.8. The Morgan fingerprint density at radius 3 is 2.09 bits per heavy atom. The summed E-state index contributed by atoms with van der Waals surface area (Å²) in [5, 5.41) is 9.67. The molecule has 3 rings (SSSR count). The number of methoxy groups -OCH3 is 4. The summed E-state index contributed by atoms with van der Waals surface area (Å²) in [6, 6.07) is 10.9. The number of hydrogen-bond donors (Lipinski definition) is 2. The summed E-state index contributed by atoms with van der Waals surface area (Å²) in [6.07, 6.45) is 0.384. The molecule has 176 valence electrons. The van der Waals surface area contributed by atoms with E-state index < -0.39 is 5.97 Å². The summed E-state index contributed by atoms with van der Waals surface area (Å²) < 4.78 is 27.0. The molecule has 0 saturated carbocycles. The fourth-order valence-corrected chi connectivity index (χ4v) is 3.70. The number of aromatic amines is 1. The quantitative estimate of drug-likeness (QED) is 0.444. The first kappa shape index (κ1) is 24.0. The Kier molecular flexibility index (Phi) is 7.84. The lowest BCUT2D eigenvalue weighted by Gasteiger charge is -2.16. The molecular formula is C25H29NO7. The fraction of sp³-hybridized carbons (Fsp3) is 0.320. The molecule has 0 saturated heterocycles. The normalized spacial score (nSPS) is 10.6. The minimum Gasteiger partial charge on any atom is -0.493 e. The van der Waals surface area contributed by atoms with Gasteiger partial charge in [-0.15, -0.1) is 0 Å². The van der Waals surface area contributed by atoms with Crippen molar-refractivity contribution in [2.45, 2.75) is 13.3 Å². The molecule has 0 amide bonds. The van der Waals surface area contributed by atoms with E-state index in [2.05, 4.69) is 4.98 Å². The lowest BCUT2D eigenvalue weighted by molar-refractivity contribution is 0.0520. The Labute approximate surface area is 193 Å². The van der Waals surface area contributed by atoms with E-state index in [1.807, 2.05) is 24.3 Å². The largest absolute Gasteiger partial charge is 0.493 e. The number of aliphatic hydroxyl groups excluding tert-OH is 1. The predicted molar refractivity (Wildman–Crippen MR) is 125 cm³/mol. The number of esters is 1. The van der Waals surface area contributed by atoms with Crippen LogP contribution in [0.2, 0.25) is 0 Å². The molecule has 8 nitrogen and oxygen atoms in total. The number of carbonyl (C=O) groups is 1. The van der Waals surface area contributed by atoms with Crippen LogP contribution in [0.25, 0.3) is 22.4 Å². The zero-order valence-electron chi connectivity index (χ0n) is 19.5.